The second kappa shape index (κ2) is 16.4. The van der Waals surface area contributed by atoms with Crippen LogP contribution in [0.3, 0.4) is 0 Å². The molecule has 1 fully saturated rings. The Morgan fingerprint density at radius 2 is 1.81 bits per heavy atom. The van der Waals surface area contributed by atoms with E-state index < -0.39 is 30.5 Å². The van der Waals surface area contributed by atoms with Crippen molar-refractivity contribution in [2.24, 2.45) is 41.2 Å². The lowest BCUT2D eigenvalue weighted by atomic mass is 9.70. The van der Waals surface area contributed by atoms with E-state index in [4.69, 9.17) is 10.5 Å². The number of phenolic OH excluding ortho intramolecular Hbond substituents is 1. The number of nitrogens with two attached hydrogens (primary N) is 1. The van der Waals surface area contributed by atoms with Crippen LogP contribution >= 0.6 is 0 Å². The molecule has 12 unspecified atom stereocenters. The Bertz CT molecular complexity index is 1740. The van der Waals surface area contributed by atoms with Crippen molar-refractivity contribution in [3.8, 4) is 23.3 Å². The molecule has 0 saturated heterocycles. The molecule has 2 heterocycles. The molecular formula is C44H59N3O6. The van der Waals surface area contributed by atoms with E-state index >= 15 is 0 Å². The molecule has 12 atom stereocenters. The Morgan fingerprint density at radius 3 is 2.57 bits per heavy atom. The van der Waals surface area contributed by atoms with Gasteiger partial charge in [0.2, 0.25) is 0 Å². The van der Waals surface area contributed by atoms with E-state index in [2.05, 4.69) is 48.1 Å². The Hall–Kier alpha value is -3.68. The second-order valence-electron chi connectivity index (χ2n) is 16.3. The first-order chi connectivity index (χ1) is 25.6. The number of aromatic amines is 1. The average Bonchev–Trinajstić information content (AvgIpc) is 3.61. The summed E-state index contributed by atoms with van der Waals surface area (Å²) in [5.41, 5.74) is 11.6. The average molecular weight is 726 g/mol. The molecule has 0 amide bonds. The number of benzene rings is 1. The van der Waals surface area contributed by atoms with Crippen molar-refractivity contribution in [3.63, 3.8) is 0 Å². The normalized spacial score (nSPS) is 34.9. The highest BCUT2D eigenvalue weighted by molar-refractivity contribution is 5.53. The van der Waals surface area contributed by atoms with Gasteiger partial charge in [-0.1, -0.05) is 56.3 Å². The van der Waals surface area contributed by atoms with Crippen LogP contribution in [0.5, 0.6) is 11.5 Å². The lowest BCUT2D eigenvalue weighted by molar-refractivity contribution is -0.108. The fourth-order valence-electron chi connectivity index (χ4n) is 10.1. The van der Waals surface area contributed by atoms with Crippen molar-refractivity contribution in [3.05, 3.63) is 82.5 Å². The minimum absolute atomic E-state index is 0.00148. The quantitative estimate of drug-likeness (QED) is 0.134. The zero-order valence-electron chi connectivity index (χ0n) is 31.3. The van der Waals surface area contributed by atoms with Crippen molar-refractivity contribution < 1.29 is 30.3 Å². The lowest BCUT2D eigenvalue weighted by Crippen LogP contribution is -2.52. The van der Waals surface area contributed by atoms with Crippen LogP contribution in [0.15, 0.2) is 65.7 Å². The molecule has 2 aromatic rings. The van der Waals surface area contributed by atoms with Crippen LogP contribution < -0.4 is 15.8 Å². The summed E-state index contributed by atoms with van der Waals surface area (Å²) in [6.07, 6.45) is 12.3. The van der Waals surface area contributed by atoms with E-state index in [0.29, 0.717) is 50.4 Å². The molecule has 9 nitrogen and oxygen atoms in total. The van der Waals surface area contributed by atoms with E-state index in [-0.39, 0.29) is 47.0 Å². The topological polar surface area (TPSA) is 164 Å². The van der Waals surface area contributed by atoms with Gasteiger partial charge < -0.3 is 46.3 Å². The van der Waals surface area contributed by atoms with Crippen LogP contribution in [0.2, 0.25) is 0 Å². The molecule has 1 aromatic heterocycles. The second-order valence-corrected chi connectivity index (χ2v) is 16.3. The van der Waals surface area contributed by atoms with Gasteiger partial charge in [0.1, 0.15) is 12.2 Å². The molecule has 0 spiro atoms. The fourth-order valence-corrected chi connectivity index (χ4v) is 10.1. The van der Waals surface area contributed by atoms with Gasteiger partial charge >= 0.3 is 0 Å². The smallest absolute Gasteiger partial charge is 0.161 e. The zero-order valence-corrected chi connectivity index (χ0v) is 31.3. The molecule has 0 radical (unpaired) electrons. The summed E-state index contributed by atoms with van der Waals surface area (Å²) in [6, 6.07) is 7.73. The molecule has 53 heavy (non-hydrogen) atoms. The minimum Gasteiger partial charge on any atom is -0.504 e. The molecule has 5 aliphatic rings. The number of hydrogen-bond acceptors (Lipinski definition) is 8. The Labute approximate surface area is 314 Å². The van der Waals surface area contributed by atoms with Gasteiger partial charge in [-0.05, 0) is 117 Å². The van der Waals surface area contributed by atoms with Gasteiger partial charge in [0.05, 0.1) is 24.1 Å². The third-order valence-corrected chi connectivity index (χ3v) is 13.1. The van der Waals surface area contributed by atoms with E-state index in [1.165, 1.54) is 5.57 Å². The summed E-state index contributed by atoms with van der Waals surface area (Å²) in [7, 11) is 0. The molecule has 4 aliphatic carbocycles. The summed E-state index contributed by atoms with van der Waals surface area (Å²) < 4.78 is 6.74. The summed E-state index contributed by atoms with van der Waals surface area (Å²) in [5.74, 6) is 7.43. The number of H-pyrrole nitrogens is 1. The molecule has 1 aliphatic heterocycles. The molecule has 7 rings (SSSR count). The monoisotopic (exact) mass is 725 g/mol. The Morgan fingerprint density at radius 1 is 0.981 bits per heavy atom. The van der Waals surface area contributed by atoms with E-state index in [1.54, 1.807) is 6.07 Å². The summed E-state index contributed by atoms with van der Waals surface area (Å²) in [4.78, 5) is 3.33. The molecule has 0 bridgehead atoms. The highest BCUT2D eigenvalue weighted by Gasteiger charge is 2.46. The summed E-state index contributed by atoms with van der Waals surface area (Å²) >= 11 is 0. The maximum absolute atomic E-state index is 11.9. The first-order valence-electron chi connectivity index (χ1n) is 20.2. The number of aliphatic hydroxyl groups is 4. The predicted molar refractivity (Wildman–Crippen MR) is 206 cm³/mol. The zero-order chi connectivity index (χ0) is 37.2. The highest BCUT2D eigenvalue weighted by atomic mass is 16.5. The first-order valence-corrected chi connectivity index (χ1v) is 20.2. The molecule has 9 heteroatoms. The number of dihydropyridines is 1. The van der Waals surface area contributed by atoms with Gasteiger partial charge in [-0.3, -0.25) is 0 Å². The first kappa shape index (κ1) is 37.6. The van der Waals surface area contributed by atoms with Crippen molar-refractivity contribution in [2.45, 2.75) is 121 Å². The van der Waals surface area contributed by atoms with Crippen LogP contribution in [0, 0.1) is 47.3 Å². The number of fused-ring (bicyclic) bond motifs is 4. The van der Waals surface area contributed by atoms with E-state index in [0.717, 1.165) is 60.9 Å². The fraction of sp³-hybridized carbons (Fsp3) is 0.591. The van der Waals surface area contributed by atoms with E-state index in [9.17, 15) is 25.5 Å². The molecule has 286 valence electrons. The third-order valence-electron chi connectivity index (χ3n) is 13.1. The molecule has 1 saturated carbocycles. The minimum atomic E-state index is -1.17. The summed E-state index contributed by atoms with van der Waals surface area (Å²) in [5, 5.41) is 60.7. The van der Waals surface area contributed by atoms with Crippen LogP contribution in [-0.2, 0) is 12.8 Å². The van der Waals surface area contributed by atoms with Gasteiger partial charge in [-0.25, -0.2) is 0 Å². The lowest BCUT2D eigenvalue weighted by Gasteiger charge is -2.43. The SMILES string of the molecule is CCC1C#CC2C=C3C(CC)Cc4cc(O)c(OC5C(O)C(O)CCC5C(Cc5ccc[nH]5)C5=CCNC(N)=C5)cc4C3CC(O)C2C(O)CCCC1. The number of allylic oxidation sites excluding steroid dienone is 4. The van der Waals surface area contributed by atoms with Crippen LogP contribution in [0.25, 0.3) is 0 Å². The maximum atomic E-state index is 11.9. The Kier molecular flexibility index (Phi) is 11.6. The molecule has 1 aromatic carbocycles. The third kappa shape index (κ3) is 7.93. The van der Waals surface area contributed by atoms with Crippen molar-refractivity contribution >= 4 is 0 Å². The highest BCUT2D eigenvalue weighted by Crippen LogP contribution is 2.51. The predicted octanol–water partition coefficient (Wildman–Crippen LogP) is 5.34. The van der Waals surface area contributed by atoms with Gasteiger partial charge in [0.25, 0.3) is 0 Å². The number of aromatic hydroxyl groups is 1. The maximum Gasteiger partial charge on any atom is 0.161 e. The number of aliphatic hydroxyl groups excluding tert-OH is 4. The largest absolute Gasteiger partial charge is 0.504 e. The number of nitrogens with one attached hydrogen (secondary N) is 2. The number of aromatic nitrogens is 1. The Balaban J connectivity index is 1.26. The van der Waals surface area contributed by atoms with Gasteiger partial charge in [-0.15, -0.1) is 0 Å². The molecular weight excluding hydrogens is 666 g/mol. The van der Waals surface area contributed by atoms with Crippen LogP contribution in [-0.4, -0.2) is 67.6 Å². The number of phenols is 1. The van der Waals surface area contributed by atoms with Crippen molar-refractivity contribution in [1.29, 1.82) is 0 Å². The van der Waals surface area contributed by atoms with Crippen LogP contribution in [0.1, 0.15) is 94.4 Å². The summed E-state index contributed by atoms with van der Waals surface area (Å²) in [6.45, 7) is 4.97. The standard InChI is InChI=1S/C44H59N3O6/c1-3-25-8-5-6-10-36(48)42-28(12-11-25)19-32-26(4-2)18-29-20-38(50)40(24-34(29)35(32)23-39(42)51)53-44-31(13-14-37(49)43(44)52)33(22-30-9-7-16-46-30)27-15-17-47-41(45)21-27/h7,9,15-16,19-21,24-26,28,31,33,35-37,39,42-44,46-52H,3-6,8,10,13-14,17-18,22-23,45H2,1-2H3. The number of rotatable bonds is 8. The number of hydrogen-bond donors (Lipinski definition) is 8. The molecule has 9 N–H and O–H groups in total. The van der Waals surface area contributed by atoms with Gasteiger partial charge in [0.15, 0.2) is 11.5 Å². The van der Waals surface area contributed by atoms with Crippen LogP contribution in [0.4, 0.5) is 0 Å². The van der Waals surface area contributed by atoms with Gasteiger partial charge in [0, 0.05) is 48.0 Å². The van der Waals surface area contributed by atoms with Gasteiger partial charge in [-0.2, -0.15) is 0 Å². The van der Waals surface area contributed by atoms with E-state index in [1.807, 2.05) is 30.5 Å². The van der Waals surface area contributed by atoms with Crippen molar-refractivity contribution in [1.82, 2.24) is 10.3 Å². The number of ether oxygens (including phenoxy) is 1. The van der Waals surface area contributed by atoms with Crippen molar-refractivity contribution in [2.75, 3.05) is 6.54 Å².